The molecule has 0 aromatic heterocycles. The number of aliphatic hydroxyl groups is 1. The Bertz CT molecular complexity index is 5120. The molecule has 4 N–H and O–H groups in total. The van der Waals surface area contributed by atoms with Gasteiger partial charge < -0.3 is 29.2 Å². The van der Waals surface area contributed by atoms with E-state index in [9.17, 15) is 78.8 Å². The summed E-state index contributed by atoms with van der Waals surface area (Å²) in [5, 5.41) is 80.2. The number of hydrogen-bond acceptors (Lipinski definition) is 22. The Kier molecular flexibility index (Phi) is 35.4. The number of phenolic OH excluding ortho intramolecular Hbond substituents is 1. The number of aldehydes is 2. The highest BCUT2D eigenvalue weighted by Crippen LogP contribution is 2.63. The second kappa shape index (κ2) is 44.6. The summed E-state index contributed by atoms with van der Waals surface area (Å²) in [5.41, 5.74) is 6.46. The van der Waals surface area contributed by atoms with Crippen molar-refractivity contribution < 1.29 is 85.9 Å². The molecule has 12 rings (SSSR count). The predicted molar refractivity (Wildman–Crippen MR) is 446 cm³/mol. The van der Waals surface area contributed by atoms with Crippen LogP contribution in [0.5, 0.6) is 51.7 Å². The number of nitro benzene ring substituents is 5. The lowest BCUT2D eigenvalue weighted by Crippen LogP contribution is -2.27. The summed E-state index contributed by atoms with van der Waals surface area (Å²) in [6, 6.07) is 56.3. The van der Waals surface area contributed by atoms with Gasteiger partial charge in [-0.15, -0.1) is 0 Å². The van der Waals surface area contributed by atoms with Gasteiger partial charge in [0, 0.05) is 91.4 Å². The van der Waals surface area contributed by atoms with Crippen molar-refractivity contribution in [1.29, 1.82) is 0 Å². The molecule has 0 radical (unpaired) electrons. The number of hydrogen-bond donors (Lipinski definition) is 4. The minimum Gasteiger partial charge on any atom is -0.508 e. The zero-order chi connectivity index (χ0) is 85.7. The Balaban J connectivity index is 0.000000202. The predicted octanol–water partition coefficient (Wildman–Crippen LogP) is 20.9. The molecule has 0 saturated carbocycles. The first-order chi connectivity index (χ1) is 55.6. The van der Waals surface area contributed by atoms with Crippen molar-refractivity contribution in [2.45, 2.75) is 73.7 Å². The molecule has 2 heterocycles. The second-order valence-corrected chi connectivity index (χ2v) is 31.8. The fraction of sp³-hybridized carbons (Fsp3) is 0.235. The van der Waals surface area contributed by atoms with E-state index in [2.05, 4.69) is 42.0 Å². The van der Waals surface area contributed by atoms with E-state index in [1.807, 2.05) is 105 Å². The molecule has 0 bridgehead atoms. The lowest BCUT2D eigenvalue weighted by atomic mass is 10.1. The molecule has 3 atom stereocenters. The number of ether oxygens (including phenoxy) is 4. The van der Waals surface area contributed by atoms with Gasteiger partial charge in [-0.25, -0.2) is 19.5 Å². The van der Waals surface area contributed by atoms with E-state index in [-0.39, 0.29) is 51.3 Å². The van der Waals surface area contributed by atoms with Crippen LogP contribution in [0.3, 0.4) is 0 Å². The quantitative estimate of drug-likeness (QED) is 0.00811. The van der Waals surface area contributed by atoms with Crippen molar-refractivity contribution in [1.82, 2.24) is 19.5 Å². The highest BCUT2D eigenvalue weighted by atomic mass is 79.9. The Morgan fingerprint density at radius 3 is 1.00 bits per heavy atom. The number of aliphatic hydroxyl groups excluding tert-OH is 1. The van der Waals surface area contributed by atoms with Crippen LogP contribution in [0.25, 0.3) is 0 Å². The Hall–Kier alpha value is -11.4. The number of nitro groups is 5. The summed E-state index contributed by atoms with van der Waals surface area (Å²) in [5.74, 6) is 1.73. The van der Waals surface area contributed by atoms with Gasteiger partial charge in [0.1, 0.15) is 41.3 Å². The van der Waals surface area contributed by atoms with Crippen molar-refractivity contribution in [3.63, 3.8) is 0 Å². The molecule has 0 amide bonds. The van der Waals surface area contributed by atoms with Gasteiger partial charge in [0.05, 0.1) is 42.9 Å². The molecule has 2 aliphatic heterocycles. The topological polar surface area (TPSA) is 410 Å². The number of benzene rings is 10. The molecule has 2 fully saturated rings. The monoisotopic (exact) mass is 1770 g/mol. The lowest BCUT2D eigenvalue weighted by Gasteiger charge is -2.24. The zero-order valence-corrected chi connectivity index (χ0v) is 69.4. The number of aryl methyl sites for hydroxylation is 5. The Morgan fingerprint density at radius 2 is 0.709 bits per heavy atom. The molecule has 616 valence electrons. The van der Waals surface area contributed by atoms with Gasteiger partial charge in [0.2, 0.25) is 28.8 Å². The number of nitrogens with zero attached hydrogens (tertiary/aromatic N) is 7. The second-order valence-electron chi connectivity index (χ2n) is 26.0. The molecular formula is C81H84Br2FN9O22P2. The van der Waals surface area contributed by atoms with Crippen LogP contribution in [-0.4, -0.2) is 107 Å². The SMILES string of the molecule is Cc1ccc(O)cc1.Cc1ccc(Oc2cc(C(C)O)ccc2[N+](=O)[O-])cc1.Cc1ccc(Oc2cc(C(C)OP(=O)(N3CC3)N3CC3)ccc2[N+](=O)[O-])cc1.Cc1ccc(Oc2cc(C(C)OP(=O)(NCCBr)NCCBr)ccc2[N+](=O)[O-])cc1.Cc1ccc(Oc2cc(C=O)ccc2[N+](=O)[O-])cc1.O=Cc1ccc([N+](=O)[O-])c(F)c1. The maximum atomic E-state index is 13.2. The van der Waals surface area contributed by atoms with Crippen LogP contribution in [0.2, 0.25) is 0 Å². The largest absolute Gasteiger partial charge is 0.508 e. The van der Waals surface area contributed by atoms with Crippen molar-refractivity contribution in [2.75, 3.05) is 49.9 Å². The standard InChI is InChI=1S/C19H24Br2N3O5P.C19H22N3O5P.C15H15NO4.C14H11NO4.C7H4FNO3.C7H8O/c1-14-3-6-17(7-4-14)28-19-13-16(5-8-18(19)24(25)26)15(2)29-30(27,22-11-9-20)23-12-10-21;1-14-3-6-17(7-4-14)26-19-13-16(5-8-18(19)22(23)24)15(2)27-28(25,20-9-10-20)21-11-12-21;1-10-3-6-13(7-4-10)20-15-9-12(11(2)17)5-8-14(15)16(18)19;1-10-2-5-12(6-3-10)19-14-8-11(9-16)4-7-13(14)15(17)18;8-6-3-5(4-10)1-2-7(6)9(11)12;1-6-2-4-7(8)5-3-6/h3-8,13,15H,9-12H2,1-2H3,(H2,22,23,27);3-8,13,15H,9-12H2,1-2H3;3-9,11,17H,1-2H3;2-9H,1H3;1-4H;2-5,8H,1H3. The summed E-state index contributed by atoms with van der Waals surface area (Å²) < 4.78 is 77.0. The van der Waals surface area contributed by atoms with Gasteiger partial charge in [-0.2, -0.15) is 4.39 Å². The van der Waals surface area contributed by atoms with Gasteiger partial charge in [0.25, 0.3) is 0 Å². The van der Waals surface area contributed by atoms with Gasteiger partial charge in [-0.1, -0.05) is 120 Å². The maximum absolute atomic E-state index is 13.2. The van der Waals surface area contributed by atoms with Crippen molar-refractivity contribution in [3.8, 4) is 51.7 Å². The van der Waals surface area contributed by atoms with Crippen molar-refractivity contribution in [2.24, 2.45) is 0 Å². The first-order valence-corrected chi connectivity index (χ1v) is 41.1. The van der Waals surface area contributed by atoms with E-state index in [4.69, 9.17) is 33.1 Å². The molecule has 10 aromatic rings. The number of carbonyl (C=O) groups excluding carboxylic acids is 2. The summed E-state index contributed by atoms with van der Waals surface area (Å²) in [7, 11) is -6.32. The first-order valence-electron chi connectivity index (χ1n) is 35.7. The van der Waals surface area contributed by atoms with Crippen LogP contribution in [0.4, 0.5) is 32.8 Å². The van der Waals surface area contributed by atoms with Crippen LogP contribution < -0.4 is 29.1 Å². The average Bonchev–Trinajstić information content (AvgIpc) is 1.61. The third-order valence-electron chi connectivity index (χ3n) is 16.6. The summed E-state index contributed by atoms with van der Waals surface area (Å²) in [4.78, 5) is 72.8. The molecule has 0 spiro atoms. The third-order valence-corrected chi connectivity index (χ3v) is 22.1. The van der Waals surface area contributed by atoms with E-state index < -0.39 is 69.8 Å². The number of halogens is 3. The normalized spacial score (nSPS) is 12.8. The fourth-order valence-corrected chi connectivity index (χ4v) is 15.1. The minimum absolute atomic E-state index is 0.0541. The van der Waals surface area contributed by atoms with E-state index in [0.717, 1.165) is 60.6 Å². The summed E-state index contributed by atoms with van der Waals surface area (Å²) in [6.07, 6.45) is -0.773. The molecule has 3 unspecified atom stereocenters. The number of alkyl halides is 2. The number of phenols is 1. The van der Waals surface area contributed by atoms with Crippen LogP contribution in [0.1, 0.15) is 104 Å². The highest BCUT2D eigenvalue weighted by Gasteiger charge is 2.50. The smallest absolute Gasteiger partial charge is 0.346 e. The summed E-state index contributed by atoms with van der Waals surface area (Å²) >= 11 is 6.58. The van der Waals surface area contributed by atoms with Gasteiger partial charge in [-0.3, -0.25) is 78.3 Å². The summed E-state index contributed by atoms with van der Waals surface area (Å²) in [6.45, 7) is 18.8. The molecule has 2 aliphatic rings. The van der Waals surface area contributed by atoms with E-state index in [1.165, 1.54) is 60.2 Å². The fourth-order valence-electron chi connectivity index (χ4n) is 10.1. The van der Waals surface area contributed by atoms with Gasteiger partial charge >= 0.3 is 43.8 Å². The van der Waals surface area contributed by atoms with Crippen LogP contribution in [0.15, 0.2) is 212 Å². The molecule has 36 heteroatoms. The van der Waals surface area contributed by atoms with Crippen LogP contribution >= 0.6 is 47.2 Å². The van der Waals surface area contributed by atoms with Gasteiger partial charge in [-0.05, 0) is 193 Å². The van der Waals surface area contributed by atoms with Gasteiger partial charge in [0.15, 0.2) is 0 Å². The number of rotatable bonds is 30. The molecule has 31 nitrogen and oxygen atoms in total. The molecule has 117 heavy (non-hydrogen) atoms. The van der Waals surface area contributed by atoms with Crippen molar-refractivity contribution in [3.05, 3.63) is 324 Å². The molecule has 2 saturated heterocycles. The molecule has 10 aromatic carbocycles. The first kappa shape index (κ1) is 92.8. The zero-order valence-electron chi connectivity index (χ0n) is 64.5. The van der Waals surface area contributed by atoms with Crippen molar-refractivity contribution >= 4 is 88.2 Å². The van der Waals surface area contributed by atoms with Crippen LogP contribution in [0, 0.1) is 91.0 Å². The van der Waals surface area contributed by atoms with E-state index >= 15 is 0 Å². The Morgan fingerprint density at radius 1 is 0.427 bits per heavy atom. The number of carbonyl (C=O) groups is 2. The minimum atomic E-state index is -3.33. The molecular weight excluding hydrogens is 1690 g/mol. The highest BCUT2D eigenvalue weighted by molar-refractivity contribution is 9.09. The third kappa shape index (κ3) is 29.4. The maximum Gasteiger partial charge on any atom is 0.346 e. The number of nitrogens with one attached hydrogen (secondary N) is 2. The average molecular weight is 1780 g/mol. The van der Waals surface area contributed by atoms with E-state index in [1.54, 1.807) is 106 Å². The van der Waals surface area contributed by atoms with Crippen LogP contribution in [-0.2, 0) is 18.2 Å². The van der Waals surface area contributed by atoms with E-state index in [0.29, 0.717) is 87.3 Å². The molecule has 0 aliphatic carbocycles. The lowest BCUT2D eigenvalue weighted by molar-refractivity contribution is -0.387. The Labute approximate surface area is 689 Å². The number of aromatic hydroxyl groups is 1.